The molecule has 6 nitrogen and oxygen atoms in total. The number of hydrogen-bond acceptors (Lipinski definition) is 4. The maximum absolute atomic E-state index is 12.9. The molecule has 26 heavy (non-hydrogen) atoms. The lowest BCUT2D eigenvalue weighted by molar-refractivity contribution is 0.0508. The molecule has 1 aromatic rings. The number of hydrogen-bond donors (Lipinski definition) is 1. The fourth-order valence-corrected chi connectivity index (χ4v) is 3.39. The van der Waals surface area contributed by atoms with Crippen LogP contribution in [0.1, 0.15) is 6.42 Å². The molecule has 0 bridgehead atoms. The van der Waals surface area contributed by atoms with Gasteiger partial charge in [-0.05, 0) is 42.3 Å². The second-order valence-electron chi connectivity index (χ2n) is 6.68. The zero-order chi connectivity index (χ0) is 17.9. The van der Waals surface area contributed by atoms with E-state index in [4.69, 9.17) is 9.47 Å². The first-order valence-corrected chi connectivity index (χ1v) is 8.86. The second-order valence-corrected chi connectivity index (χ2v) is 6.68. The number of urea groups is 1. The number of rotatable bonds is 3. The average molecular weight is 359 g/mol. The van der Waals surface area contributed by atoms with Crippen LogP contribution in [0.5, 0.6) is 0 Å². The highest BCUT2D eigenvalue weighted by Crippen LogP contribution is 2.27. The van der Waals surface area contributed by atoms with E-state index in [2.05, 4.69) is 22.4 Å². The Hall–Kier alpha value is -2.38. The van der Waals surface area contributed by atoms with Crippen LogP contribution in [0.2, 0.25) is 0 Å². The number of carbonyl (C=O) groups excluding carboxylic acids is 1. The summed E-state index contributed by atoms with van der Waals surface area (Å²) in [5.41, 5.74) is 1.84. The number of fused-ring (bicyclic) bond motifs is 1. The molecule has 3 aliphatic rings. The van der Waals surface area contributed by atoms with Crippen LogP contribution in [-0.2, 0) is 9.47 Å². The van der Waals surface area contributed by atoms with Gasteiger partial charge in [-0.3, -0.25) is 4.90 Å². The first-order chi connectivity index (χ1) is 12.7. The molecule has 4 rings (SSSR count). The Morgan fingerprint density at radius 2 is 1.96 bits per heavy atom. The van der Waals surface area contributed by atoms with Crippen LogP contribution in [0.25, 0.3) is 0 Å². The Kier molecular flexibility index (Phi) is 4.90. The number of carbonyl (C=O) groups is 1. The Morgan fingerprint density at radius 3 is 2.73 bits per heavy atom. The summed E-state index contributed by atoms with van der Waals surface area (Å²) in [4.78, 5) is 16.4. The van der Waals surface area contributed by atoms with E-state index < -0.39 is 0 Å². The first-order valence-electron chi connectivity index (χ1n) is 8.86. The zero-order valence-electron chi connectivity index (χ0n) is 14.5. The molecule has 2 aliphatic heterocycles. The molecule has 0 saturated carbocycles. The van der Waals surface area contributed by atoms with E-state index in [9.17, 15) is 9.18 Å². The van der Waals surface area contributed by atoms with Crippen molar-refractivity contribution < 1.29 is 18.7 Å². The number of halogens is 1. The topological polar surface area (TPSA) is 54.0 Å². The molecule has 138 valence electrons. The van der Waals surface area contributed by atoms with Crippen LogP contribution < -0.4 is 5.32 Å². The molecule has 2 saturated heterocycles. The summed E-state index contributed by atoms with van der Waals surface area (Å²) >= 11 is 0. The number of nitrogens with one attached hydrogen (secondary N) is 1. The van der Waals surface area contributed by atoms with Gasteiger partial charge in [-0.2, -0.15) is 0 Å². The highest BCUT2D eigenvalue weighted by molar-refractivity contribution is 5.89. The normalized spacial score (nSPS) is 23.0. The van der Waals surface area contributed by atoms with E-state index in [1.165, 1.54) is 17.7 Å². The molecule has 1 aromatic carbocycles. The van der Waals surface area contributed by atoms with Crippen LogP contribution in [0.15, 0.2) is 47.7 Å². The average Bonchev–Trinajstić information content (AvgIpc) is 3.12. The Balaban J connectivity index is 1.25. The minimum atomic E-state index is -0.315. The standard InChI is InChI=1S/C19H22FN3O3/c20-15-2-4-16(5-3-15)21-19(24)23-9-7-22(8-10-23)12-14-1-6-17-18(11-14)26-13-25-17/h1-5,11,17H,6-10,12-13H2,(H,21,24). The van der Waals surface area contributed by atoms with Crippen molar-refractivity contribution in [2.24, 2.45) is 0 Å². The fraction of sp³-hybridized carbons (Fsp3) is 0.421. The molecule has 2 fully saturated rings. The minimum absolute atomic E-state index is 0.0887. The summed E-state index contributed by atoms with van der Waals surface area (Å²) in [6, 6.07) is 5.66. The van der Waals surface area contributed by atoms with E-state index in [0.717, 1.165) is 31.8 Å². The van der Waals surface area contributed by atoms with E-state index in [1.54, 1.807) is 17.0 Å². The summed E-state index contributed by atoms with van der Waals surface area (Å²) in [6.07, 6.45) is 5.23. The molecule has 0 radical (unpaired) electrons. The van der Waals surface area contributed by atoms with E-state index >= 15 is 0 Å². The highest BCUT2D eigenvalue weighted by Gasteiger charge is 2.27. The Labute approximate surface area is 151 Å². The molecule has 1 unspecified atom stereocenters. The predicted octanol–water partition coefficient (Wildman–Crippen LogP) is 2.56. The first kappa shape index (κ1) is 17.1. The Morgan fingerprint density at radius 1 is 1.19 bits per heavy atom. The highest BCUT2D eigenvalue weighted by atomic mass is 19.1. The number of nitrogens with zero attached hydrogens (tertiary/aromatic N) is 2. The van der Waals surface area contributed by atoms with Gasteiger partial charge in [0, 0.05) is 38.4 Å². The molecule has 2 heterocycles. The largest absolute Gasteiger partial charge is 0.469 e. The quantitative estimate of drug-likeness (QED) is 0.901. The smallest absolute Gasteiger partial charge is 0.321 e. The van der Waals surface area contributed by atoms with E-state index in [-0.39, 0.29) is 18.0 Å². The maximum atomic E-state index is 12.9. The molecular weight excluding hydrogens is 337 g/mol. The third kappa shape index (κ3) is 3.89. The van der Waals surface area contributed by atoms with Crippen molar-refractivity contribution in [3.8, 4) is 0 Å². The van der Waals surface area contributed by atoms with E-state index in [0.29, 0.717) is 25.6 Å². The van der Waals surface area contributed by atoms with Gasteiger partial charge in [0.2, 0.25) is 0 Å². The molecule has 0 aromatic heterocycles. The number of benzene rings is 1. The lowest BCUT2D eigenvalue weighted by Crippen LogP contribution is -2.50. The van der Waals surface area contributed by atoms with Crippen molar-refractivity contribution >= 4 is 11.7 Å². The van der Waals surface area contributed by atoms with Crippen LogP contribution in [0, 0.1) is 5.82 Å². The lowest BCUT2D eigenvalue weighted by atomic mass is 10.0. The minimum Gasteiger partial charge on any atom is -0.469 e. The van der Waals surface area contributed by atoms with Gasteiger partial charge in [0.15, 0.2) is 6.79 Å². The van der Waals surface area contributed by atoms with Gasteiger partial charge in [0.25, 0.3) is 0 Å². The van der Waals surface area contributed by atoms with Crippen molar-refractivity contribution in [2.45, 2.75) is 12.5 Å². The molecule has 0 spiro atoms. The molecule has 2 amide bonds. The fourth-order valence-electron chi connectivity index (χ4n) is 3.39. The summed E-state index contributed by atoms with van der Waals surface area (Å²) < 4.78 is 23.9. The van der Waals surface area contributed by atoms with Crippen molar-refractivity contribution in [3.63, 3.8) is 0 Å². The lowest BCUT2D eigenvalue weighted by Gasteiger charge is -2.35. The van der Waals surface area contributed by atoms with Crippen LogP contribution >= 0.6 is 0 Å². The predicted molar refractivity (Wildman–Crippen MR) is 95.0 cm³/mol. The van der Waals surface area contributed by atoms with Crippen molar-refractivity contribution in [3.05, 3.63) is 53.6 Å². The molecule has 7 heteroatoms. The molecular formula is C19H22FN3O3. The number of anilines is 1. The third-order valence-electron chi connectivity index (χ3n) is 4.90. The summed E-state index contributed by atoms with van der Waals surface area (Å²) in [7, 11) is 0. The van der Waals surface area contributed by atoms with E-state index in [1.807, 2.05) is 0 Å². The van der Waals surface area contributed by atoms with Crippen molar-refractivity contribution in [2.75, 3.05) is 44.8 Å². The monoisotopic (exact) mass is 359 g/mol. The Bertz CT molecular complexity index is 724. The zero-order valence-corrected chi connectivity index (χ0v) is 14.5. The number of ether oxygens (including phenoxy) is 2. The van der Waals surface area contributed by atoms with Crippen molar-refractivity contribution in [1.29, 1.82) is 0 Å². The van der Waals surface area contributed by atoms with Crippen molar-refractivity contribution in [1.82, 2.24) is 9.80 Å². The molecule has 1 atom stereocenters. The van der Waals surface area contributed by atoms with Crippen LogP contribution in [0.4, 0.5) is 14.9 Å². The second kappa shape index (κ2) is 7.47. The van der Waals surface area contributed by atoms with Crippen LogP contribution in [0.3, 0.4) is 0 Å². The van der Waals surface area contributed by atoms with Gasteiger partial charge >= 0.3 is 6.03 Å². The molecule has 1 N–H and O–H groups in total. The summed E-state index contributed by atoms with van der Waals surface area (Å²) in [5, 5.41) is 2.81. The number of amides is 2. The maximum Gasteiger partial charge on any atom is 0.321 e. The summed E-state index contributed by atoms with van der Waals surface area (Å²) in [6.45, 7) is 4.17. The van der Waals surface area contributed by atoms with Gasteiger partial charge in [-0.15, -0.1) is 0 Å². The van der Waals surface area contributed by atoms with Crippen LogP contribution in [-0.4, -0.2) is 61.5 Å². The van der Waals surface area contributed by atoms with Gasteiger partial charge in [0.05, 0.1) is 0 Å². The third-order valence-corrected chi connectivity index (χ3v) is 4.90. The summed E-state index contributed by atoms with van der Waals surface area (Å²) in [5.74, 6) is 0.615. The molecule has 1 aliphatic carbocycles. The number of piperazine rings is 1. The van der Waals surface area contributed by atoms with Gasteiger partial charge in [-0.1, -0.05) is 6.08 Å². The SMILES string of the molecule is O=C(Nc1ccc(F)cc1)N1CCN(CC2=CCC3OCOC3=C2)CC1. The van der Waals surface area contributed by atoms with Gasteiger partial charge < -0.3 is 19.7 Å². The van der Waals surface area contributed by atoms with Gasteiger partial charge in [-0.25, -0.2) is 9.18 Å². The van der Waals surface area contributed by atoms with Gasteiger partial charge in [0.1, 0.15) is 17.7 Å².